The predicted molar refractivity (Wildman–Crippen MR) is 128 cm³/mol. The number of aromatic nitrogens is 2. The number of hydrogen-bond donors (Lipinski definition) is 1. The quantitative estimate of drug-likeness (QED) is 0.443. The van der Waals surface area contributed by atoms with E-state index < -0.39 is 17.2 Å². The third-order valence-corrected chi connectivity index (χ3v) is 5.49. The summed E-state index contributed by atoms with van der Waals surface area (Å²) in [6, 6.07) is 20.1. The highest BCUT2D eigenvalue weighted by Gasteiger charge is 2.16. The van der Waals surface area contributed by atoms with Crippen LogP contribution in [0.15, 0.2) is 82.4 Å². The summed E-state index contributed by atoms with van der Waals surface area (Å²) in [6.07, 6.45) is 0. The molecule has 0 fully saturated rings. The summed E-state index contributed by atoms with van der Waals surface area (Å²) in [6.45, 7) is 1.18. The third kappa shape index (κ3) is 4.78. The molecule has 0 saturated heterocycles. The molecule has 1 amide bonds. The summed E-state index contributed by atoms with van der Waals surface area (Å²) in [5, 5.41) is 3.59. The lowest BCUT2D eigenvalue weighted by Gasteiger charge is -2.14. The Balaban J connectivity index is 1.72. The van der Waals surface area contributed by atoms with Gasteiger partial charge in [-0.15, -0.1) is 0 Å². The van der Waals surface area contributed by atoms with Gasteiger partial charge in [-0.1, -0.05) is 48.0 Å². The number of ketones is 1. The van der Waals surface area contributed by atoms with Crippen molar-refractivity contribution in [1.29, 1.82) is 0 Å². The molecule has 7 nitrogen and oxygen atoms in total. The maximum atomic E-state index is 13.3. The Kier molecular flexibility index (Phi) is 6.24. The van der Waals surface area contributed by atoms with Gasteiger partial charge in [0.2, 0.25) is 5.91 Å². The van der Waals surface area contributed by atoms with Gasteiger partial charge in [0.1, 0.15) is 6.54 Å². The first-order valence-electron chi connectivity index (χ1n) is 10.2. The summed E-state index contributed by atoms with van der Waals surface area (Å²) >= 11 is 5.93. The van der Waals surface area contributed by atoms with Gasteiger partial charge in [-0.3, -0.25) is 23.5 Å². The number of benzene rings is 3. The molecule has 0 radical (unpaired) electrons. The molecule has 1 N–H and O–H groups in total. The number of amides is 1. The summed E-state index contributed by atoms with van der Waals surface area (Å²) in [5.74, 6) is -0.581. The Morgan fingerprint density at radius 3 is 2.36 bits per heavy atom. The normalized spacial score (nSPS) is 10.8. The Labute approximate surface area is 193 Å². The minimum atomic E-state index is -0.596. The van der Waals surface area contributed by atoms with Crippen LogP contribution in [0, 0.1) is 0 Å². The fraction of sp³-hybridized carbons (Fsp3) is 0.120. The molecule has 0 aliphatic rings. The monoisotopic (exact) mass is 461 g/mol. The van der Waals surface area contributed by atoms with E-state index in [-0.39, 0.29) is 18.9 Å². The average Bonchev–Trinajstić information content (AvgIpc) is 2.81. The highest BCUT2D eigenvalue weighted by Crippen LogP contribution is 2.13. The van der Waals surface area contributed by atoms with Gasteiger partial charge < -0.3 is 5.32 Å². The van der Waals surface area contributed by atoms with Crippen LogP contribution >= 0.6 is 11.6 Å². The molecule has 3 aromatic carbocycles. The number of nitrogens with one attached hydrogen (secondary N) is 1. The van der Waals surface area contributed by atoms with E-state index in [0.717, 1.165) is 10.1 Å². The standard InChI is InChI=1S/C25H20ClN3O4/c1-16(30)18-5-4-6-20(13-18)27-23(31)15-28-22-8-3-2-7-21(22)24(32)29(25(28)33)14-17-9-11-19(26)12-10-17/h2-13H,14-15H2,1H3,(H,27,31). The number of carbonyl (C=O) groups excluding carboxylic acids is 2. The molecular formula is C25H20ClN3O4. The van der Waals surface area contributed by atoms with Crippen molar-refractivity contribution in [2.75, 3.05) is 5.32 Å². The minimum absolute atomic E-state index is 0.0436. The molecule has 0 aliphatic heterocycles. The zero-order valence-electron chi connectivity index (χ0n) is 17.7. The first-order chi connectivity index (χ1) is 15.8. The highest BCUT2D eigenvalue weighted by atomic mass is 35.5. The zero-order valence-corrected chi connectivity index (χ0v) is 18.5. The van der Waals surface area contributed by atoms with Crippen LogP contribution in [0.4, 0.5) is 5.69 Å². The average molecular weight is 462 g/mol. The van der Waals surface area contributed by atoms with Crippen LogP contribution < -0.4 is 16.6 Å². The van der Waals surface area contributed by atoms with Gasteiger partial charge in [-0.05, 0) is 48.9 Å². The maximum Gasteiger partial charge on any atom is 0.332 e. The van der Waals surface area contributed by atoms with Crippen molar-refractivity contribution in [1.82, 2.24) is 9.13 Å². The number of para-hydroxylation sites is 1. The van der Waals surface area contributed by atoms with Gasteiger partial charge in [0.15, 0.2) is 5.78 Å². The Morgan fingerprint density at radius 2 is 1.64 bits per heavy atom. The van der Waals surface area contributed by atoms with E-state index in [1.807, 2.05) is 0 Å². The fourth-order valence-electron chi connectivity index (χ4n) is 3.60. The molecule has 1 aromatic heterocycles. The molecule has 0 atom stereocenters. The molecule has 33 heavy (non-hydrogen) atoms. The fourth-order valence-corrected chi connectivity index (χ4v) is 3.72. The number of anilines is 1. The second-order valence-corrected chi connectivity index (χ2v) is 8.03. The van der Waals surface area contributed by atoms with Crippen LogP contribution in [0.5, 0.6) is 0 Å². The van der Waals surface area contributed by atoms with Gasteiger partial charge in [0, 0.05) is 16.3 Å². The van der Waals surface area contributed by atoms with Crippen molar-refractivity contribution < 1.29 is 9.59 Å². The van der Waals surface area contributed by atoms with Crippen molar-refractivity contribution in [3.05, 3.63) is 110 Å². The van der Waals surface area contributed by atoms with Crippen molar-refractivity contribution in [2.24, 2.45) is 0 Å². The summed E-state index contributed by atoms with van der Waals surface area (Å²) in [7, 11) is 0. The first-order valence-corrected chi connectivity index (χ1v) is 10.6. The smallest absolute Gasteiger partial charge is 0.325 e. The molecule has 1 heterocycles. The molecule has 0 spiro atoms. The van der Waals surface area contributed by atoms with Crippen LogP contribution in [0.1, 0.15) is 22.8 Å². The lowest BCUT2D eigenvalue weighted by molar-refractivity contribution is -0.116. The number of nitrogens with zero attached hydrogens (tertiary/aromatic N) is 2. The molecule has 8 heteroatoms. The maximum absolute atomic E-state index is 13.3. The summed E-state index contributed by atoms with van der Waals surface area (Å²) in [4.78, 5) is 50.7. The van der Waals surface area contributed by atoms with E-state index in [2.05, 4.69) is 5.32 Å². The molecular weight excluding hydrogens is 442 g/mol. The predicted octanol–water partition coefficient (Wildman–Crippen LogP) is 3.71. The molecule has 0 aliphatic carbocycles. The van der Waals surface area contributed by atoms with E-state index in [9.17, 15) is 19.2 Å². The highest BCUT2D eigenvalue weighted by molar-refractivity contribution is 6.30. The van der Waals surface area contributed by atoms with Gasteiger partial charge in [-0.2, -0.15) is 0 Å². The van der Waals surface area contributed by atoms with Gasteiger partial charge in [0.25, 0.3) is 5.56 Å². The van der Waals surface area contributed by atoms with Crippen LogP contribution in [0.25, 0.3) is 10.9 Å². The zero-order chi connectivity index (χ0) is 23.5. The molecule has 4 aromatic rings. The Bertz CT molecular complexity index is 1490. The molecule has 0 saturated carbocycles. The van der Waals surface area contributed by atoms with E-state index in [1.165, 1.54) is 11.5 Å². The van der Waals surface area contributed by atoms with Crippen molar-refractivity contribution >= 4 is 39.9 Å². The molecule has 166 valence electrons. The first kappa shape index (κ1) is 22.2. The summed E-state index contributed by atoms with van der Waals surface area (Å²) < 4.78 is 2.38. The molecule has 0 unspecified atom stereocenters. The van der Waals surface area contributed by atoms with Crippen LogP contribution in [0.2, 0.25) is 5.02 Å². The van der Waals surface area contributed by atoms with Gasteiger partial charge in [-0.25, -0.2) is 4.79 Å². The van der Waals surface area contributed by atoms with Crippen LogP contribution in [-0.4, -0.2) is 20.8 Å². The largest absolute Gasteiger partial charge is 0.332 e. The van der Waals surface area contributed by atoms with E-state index in [4.69, 9.17) is 11.6 Å². The lowest BCUT2D eigenvalue weighted by atomic mass is 10.1. The number of Topliss-reactive ketones (excluding diaryl/α,β-unsaturated/α-hetero) is 1. The number of carbonyl (C=O) groups is 2. The Morgan fingerprint density at radius 1 is 0.909 bits per heavy atom. The van der Waals surface area contributed by atoms with Gasteiger partial charge >= 0.3 is 5.69 Å². The minimum Gasteiger partial charge on any atom is -0.325 e. The summed E-state index contributed by atoms with van der Waals surface area (Å²) in [5.41, 5.74) is 0.975. The lowest BCUT2D eigenvalue weighted by Crippen LogP contribution is -2.42. The second kappa shape index (κ2) is 9.26. The Hall–Kier alpha value is -3.97. The number of fused-ring (bicyclic) bond motifs is 1. The number of rotatable bonds is 6. The SMILES string of the molecule is CC(=O)c1cccc(NC(=O)Cn2c(=O)n(Cc3ccc(Cl)cc3)c(=O)c3ccccc32)c1. The van der Waals surface area contributed by atoms with Gasteiger partial charge in [0.05, 0.1) is 17.4 Å². The molecule has 0 bridgehead atoms. The second-order valence-electron chi connectivity index (χ2n) is 7.59. The van der Waals surface area contributed by atoms with E-state index >= 15 is 0 Å². The van der Waals surface area contributed by atoms with E-state index in [1.54, 1.807) is 72.8 Å². The van der Waals surface area contributed by atoms with Crippen molar-refractivity contribution in [2.45, 2.75) is 20.0 Å². The van der Waals surface area contributed by atoms with Crippen LogP contribution in [0.3, 0.4) is 0 Å². The van der Waals surface area contributed by atoms with Crippen molar-refractivity contribution in [3.63, 3.8) is 0 Å². The van der Waals surface area contributed by atoms with Crippen molar-refractivity contribution in [3.8, 4) is 0 Å². The topological polar surface area (TPSA) is 90.2 Å². The number of hydrogen-bond acceptors (Lipinski definition) is 4. The number of halogens is 1. The molecule has 4 rings (SSSR count). The third-order valence-electron chi connectivity index (χ3n) is 5.24. The van der Waals surface area contributed by atoms with E-state index in [0.29, 0.717) is 27.2 Å². The van der Waals surface area contributed by atoms with Crippen LogP contribution in [-0.2, 0) is 17.9 Å².